The summed E-state index contributed by atoms with van der Waals surface area (Å²) < 4.78 is 5.78. The lowest BCUT2D eigenvalue weighted by Crippen LogP contribution is -2.28. The maximum absolute atomic E-state index is 12.2. The first-order chi connectivity index (χ1) is 12.3. The molecule has 0 aromatic carbocycles. The van der Waals surface area contributed by atoms with E-state index in [0.29, 0.717) is 12.3 Å². The van der Waals surface area contributed by atoms with Gasteiger partial charge in [0.25, 0.3) is 5.91 Å². The number of aromatic nitrogens is 1. The maximum atomic E-state index is 12.2. The van der Waals surface area contributed by atoms with Crippen molar-refractivity contribution in [3.63, 3.8) is 0 Å². The molecule has 0 spiro atoms. The molecule has 0 saturated carbocycles. The molecule has 0 bridgehead atoms. The number of carbonyl (C=O) groups is 1. The normalized spacial score (nSPS) is 14.8. The molecule has 1 N–H and O–H groups in total. The molecule has 2 aromatic heterocycles. The molecule has 3 heterocycles. The van der Waals surface area contributed by atoms with Gasteiger partial charge in [-0.15, -0.1) is 0 Å². The molecule has 6 nitrogen and oxygen atoms in total. The summed E-state index contributed by atoms with van der Waals surface area (Å²) in [6.45, 7) is 2.28. The highest BCUT2D eigenvalue weighted by Crippen LogP contribution is 2.23. The highest BCUT2D eigenvalue weighted by Gasteiger charge is 2.15. The number of anilines is 1. The molecule has 1 aliphatic heterocycles. The highest BCUT2D eigenvalue weighted by atomic mass is 16.4. The van der Waals surface area contributed by atoms with E-state index in [9.17, 15) is 10.1 Å². The second-order valence-electron chi connectivity index (χ2n) is 5.94. The fraction of sp³-hybridized carbons (Fsp3) is 0.316. The number of nitriles is 1. The summed E-state index contributed by atoms with van der Waals surface area (Å²) in [5.74, 6) is 0.870. The minimum absolute atomic E-state index is 0.0171. The standard InChI is InChI=1S/C19H20N4O2/c20-12-16(19(24)22-14-15-5-4-8-21-13-15)11-17-6-7-18(25-17)23-9-2-1-3-10-23/h4-8,11,13H,1-3,9-10,14H2,(H,22,24)/b16-11-. The summed E-state index contributed by atoms with van der Waals surface area (Å²) in [5, 5.41) is 12.0. The predicted molar refractivity (Wildman–Crippen MR) is 94.4 cm³/mol. The van der Waals surface area contributed by atoms with E-state index in [1.165, 1.54) is 12.5 Å². The zero-order valence-electron chi connectivity index (χ0n) is 13.9. The first kappa shape index (κ1) is 16.8. The molecular formula is C19H20N4O2. The van der Waals surface area contributed by atoms with E-state index in [2.05, 4.69) is 15.2 Å². The van der Waals surface area contributed by atoms with Crippen molar-refractivity contribution in [1.29, 1.82) is 5.26 Å². The van der Waals surface area contributed by atoms with Crippen molar-refractivity contribution < 1.29 is 9.21 Å². The van der Waals surface area contributed by atoms with Gasteiger partial charge in [0, 0.05) is 44.2 Å². The Morgan fingerprint density at radius 2 is 2.16 bits per heavy atom. The Labute approximate surface area is 146 Å². The SMILES string of the molecule is N#C/C(=C/c1ccc(N2CCCCC2)o1)C(=O)NCc1cccnc1. The Hall–Kier alpha value is -3.07. The number of amides is 1. The largest absolute Gasteiger partial charge is 0.441 e. The molecule has 2 aromatic rings. The molecule has 0 unspecified atom stereocenters. The lowest BCUT2D eigenvalue weighted by molar-refractivity contribution is -0.117. The third-order valence-corrected chi connectivity index (χ3v) is 4.11. The van der Waals surface area contributed by atoms with Crippen LogP contribution in [0.25, 0.3) is 6.08 Å². The van der Waals surface area contributed by atoms with Crippen LogP contribution in [-0.2, 0) is 11.3 Å². The van der Waals surface area contributed by atoms with Crippen LogP contribution in [0.1, 0.15) is 30.6 Å². The zero-order valence-corrected chi connectivity index (χ0v) is 13.9. The van der Waals surface area contributed by atoms with Gasteiger partial charge in [-0.3, -0.25) is 9.78 Å². The number of hydrogen-bond donors (Lipinski definition) is 1. The van der Waals surface area contributed by atoms with Crippen LogP contribution in [0.4, 0.5) is 5.88 Å². The molecule has 1 amide bonds. The number of furan rings is 1. The van der Waals surface area contributed by atoms with Crippen molar-refractivity contribution in [2.24, 2.45) is 0 Å². The van der Waals surface area contributed by atoms with E-state index in [-0.39, 0.29) is 5.57 Å². The van der Waals surface area contributed by atoms with Gasteiger partial charge in [-0.25, -0.2) is 0 Å². The number of nitrogens with one attached hydrogen (secondary N) is 1. The van der Waals surface area contributed by atoms with E-state index in [1.807, 2.05) is 18.2 Å². The predicted octanol–water partition coefficient (Wildman–Crippen LogP) is 2.89. The molecule has 0 atom stereocenters. The average Bonchev–Trinajstić information content (AvgIpc) is 3.14. The van der Waals surface area contributed by atoms with Gasteiger partial charge in [0.15, 0.2) is 5.88 Å². The Morgan fingerprint density at radius 3 is 2.88 bits per heavy atom. The van der Waals surface area contributed by atoms with Crippen LogP contribution in [0, 0.1) is 11.3 Å². The zero-order chi connectivity index (χ0) is 17.5. The Bertz CT molecular complexity index is 783. The number of piperidine rings is 1. The summed E-state index contributed by atoms with van der Waals surface area (Å²) in [6, 6.07) is 9.27. The number of pyridine rings is 1. The molecule has 1 aliphatic rings. The van der Waals surface area contributed by atoms with Crippen LogP contribution in [0.2, 0.25) is 0 Å². The van der Waals surface area contributed by atoms with Crippen molar-refractivity contribution in [3.8, 4) is 6.07 Å². The molecule has 1 saturated heterocycles. The van der Waals surface area contributed by atoms with Gasteiger partial charge in [-0.05, 0) is 37.0 Å². The lowest BCUT2D eigenvalue weighted by atomic mass is 10.1. The second kappa shape index (κ2) is 8.15. The molecule has 0 radical (unpaired) electrons. The Morgan fingerprint density at radius 1 is 1.32 bits per heavy atom. The van der Waals surface area contributed by atoms with Crippen molar-refractivity contribution in [3.05, 3.63) is 53.6 Å². The number of rotatable bonds is 5. The fourth-order valence-electron chi connectivity index (χ4n) is 2.78. The van der Waals surface area contributed by atoms with Crippen molar-refractivity contribution in [1.82, 2.24) is 10.3 Å². The molecule has 128 valence electrons. The van der Waals surface area contributed by atoms with Gasteiger partial charge in [-0.1, -0.05) is 6.07 Å². The van der Waals surface area contributed by atoms with E-state index in [4.69, 9.17) is 4.42 Å². The summed E-state index contributed by atoms with van der Waals surface area (Å²) >= 11 is 0. The van der Waals surface area contributed by atoms with Crippen molar-refractivity contribution >= 4 is 17.9 Å². The third kappa shape index (κ3) is 4.48. The summed E-state index contributed by atoms with van der Waals surface area (Å²) in [6.07, 6.45) is 8.39. The number of carbonyl (C=O) groups excluding carboxylic acids is 1. The molecule has 25 heavy (non-hydrogen) atoms. The second-order valence-corrected chi connectivity index (χ2v) is 5.94. The van der Waals surface area contributed by atoms with E-state index < -0.39 is 5.91 Å². The monoisotopic (exact) mass is 336 g/mol. The van der Waals surface area contributed by atoms with E-state index in [0.717, 1.165) is 37.4 Å². The first-order valence-corrected chi connectivity index (χ1v) is 8.40. The highest BCUT2D eigenvalue weighted by molar-refractivity contribution is 6.01. The van der Waals surface area contributed by atoms with Gasteiger partial charge in [-0.2, -0.15) is 5.26 Å². The van der Waals surface area contributed by atoms with Gasteiger partial charge in [0.1, 0.15) is 17.4 Å². The van der Waals surface area contributed by atoms with Gasteiger partial charge in [0.05, 0.1) is 0 Å². The van der Waals surface area contributed by atoms with Gasteiger partial charge in [0.2, 0.25) is 0 Å². The minimum Gasteiger partial charge on any atom is -0.441 e. The fourth-order valence-corrected chi connectivity index (χ4v) is 2.78. The smallest absolute Gasteiger partial charge is 0.262 e. The van der Waals surface area contributed by atoms with Crippen LogP contribution >= 0.6 is 0 Å². The lowest BCUT2D eigenvalue weighted by Gasteiger charge is -2.25. The van der Waals surface area contributed by atoms with Crippen LogP contribution in [0.3, 0.4) is 0 Å². The Kier molecular flexibility index (Phi) is 5.47. The van der Waals surface area contributed by atoms with Gasteiger partial charge < -0.3 is 14.6 Å². The van der Waals surface area contributed by atoms with Crippen molar-refractivity contribution in [2.45, 2.75) is 25.8 Å². The van der Waals surface area contributed by atoms with Crippen LogP contribution in [0.5, 0.6) is 0 Å². The maximum Gasteiger partial charge on any atom is 0.262 e. The topological polar surface area (TPSA) is 82.2 Å². The molecular weight excluding hydrogens is 316 g/mol. The minimum atomic E-state index is -0.428. The third-order valence-electron chi connectivity index (χ3n) is 4.11. The Balaban J connectivity index is 1.64. The molecule has 3 rings (SSSR count). The summed E-state index contributed by atoms with van der Waals surface area (Å²) in [7, 11) is 0. The van der Waals surface area contributed by atoms with Gasteiger partial charge >= 0.3 is 0 Å². The average molecular weight is 336 g/mol. The van der Waals surface area contributed by atoms with Crippen LogP contribution in [0.15, 0.2) is 46.6 Å². The molecule has 0 aliphatic carbocycles. The quantitative estimate of drug-likeness (QED) is 0.670. The van der Waals surface area contributed by atoms with E-state index in [1.54, 1.807) is 24.5 Å². The van der Waals surface area contributed by atoms with E-state index >= 15 is 0 Å². The summed E-state index contributed by atoms with van der Waals surface area (Å²) in [5.41, 5.74) is 0.891. The first-order valence-electron chi connectivity index (χ1n) is 8.40. The van der Waals surface area contributed by atoms with Crippen molar-refractivity contribution in [2.75, 3.05) is 18.0 Å². The van der Waals surface area contributed by atoms with Crippen LogP contribution in [-0.4, -0.2) is 24.0 Å². The van der Waals surface area contributed by atoms with Crippen LogP contribution < -0.4 is 10.2 Å². The number of hydrogen-bond acceptors (Lipinski definition) is 5. The summed E-state index contributed by atoms with van der Waals surface area (Å²) in [4.78, 5) is 18.4. The number of nitrogens with zero attached hydrogens (tertiary/aromatic N) is 3. The molecule has 1 fully saturated rings. The molecule has 6 heteroatoms.